The third-order valence-electron chi connectivity index (χ3n) is 4.21. The topological polar surface area (TPSA) is 66.5 Å². The van der Waals surface area contributed by atoms with Gasteiger partial charge in [0, 0.05) is 11.7 Å². The van der Waals surface area contributed by atoms with Crippen molar-refractivity contribution in [3.8, 4) is 11.4 Å². The van der Waals surface area contributed by atoms with Crippen LogP contribution in [0.1, 0.15) is 43.0 Å². The van der Waals surface area contributed by atoms with Crippen molar-refractivity contribution < 1.29 is 0 Å². The third-order valence-corrected chi connectivity index (χ3v) is 4.40. The molecule has 0 spiro atoms. The molecule has 20 heavy (non-hydrogen) atoms. The van der Waals surface area contributed by atoms with E-state index in [-0.39, 0.29) is 5.56 Å². The van der Waals surface area contributed by atoms with Crippen LogP contribution in [0.2, 0.25) is 0 Å². The van der Waals surface area contributed by atoms with Crippen molar-refractivity contribution in [2.45, 2.75) is 44.6 Å². The second kappa shape index (κ2) is 4.41. The van der Waals surface area contributed by atoms with E-state index in [1.165, 1.54) is 24.1 Å². The number of hydrogen-bond donors (Lipinski definition) is 2. The molecule has 2 heterocycles. The summed E-state index contributed by atoms with van der Waals surface area (Å²) in [7, 11) is 0. The molecule has 0 amide bonds. The lowest BCUT2D eigenvalue weighted by Crippen LogP contribution is -2.27. The van der Waals surface area contributed by atoms with Crippen LogP contribution in [0.5, 0.6) is 0 Å². The van der Waals surface area contributed by atoms with E-state index >= 15 is 0 Å². The van der Waals surface area contributed by atoms with Crippen molar-refractivity contribution in [1.82, 2.24) is 19.7 Å². The minimum atomic E-state index is 0.0749. The minimum absolute atomic E-state index is 0.0749. The molecule has 0 aromatic carbocycles. The second-order valence-corrected chi connectivity index (χ2v) is 6.05. The van der Waals surface area contributed by atoms with Gasteiger partial charge in [-0.25, -0.2) is 0 Å². The van der Waals surface area contributed by atoms with Gasteiger partial charge in [0.15, 0.2) is 5.82 Å². The predicted octanol–water partition coefficient (Wildman–Crippen LogP) is 2.51. The fraction of sp³-hybridized carbons (Fsp3) is 0.500. The molecule has 4 rings (SSSR count). The maximum Gasteiger partial charge on any atom is 0.262 e. The molecule has 1 fully saturated rings. The molecular weight excluding hydrogens is 272 g/mol. The van der Waals surface area contributed by atoms with E-state index in [2.05, 4.69) is 15.2 Å². The summed E-state index contributed by atoms with van der Waals surface area (Å²) in [6.07, 6.45) is 6.70. The van der Waals surface area contributed by atoms with E-state index in [1.54, 1.807) is 0 Å². The molecule has 5 nitrogen and oxygen atoms in total. The van der Waals surface area contributed by atoms with E-state index in [0.717, 1.165) is 25.7 Å². The summed E-state index contributed by atoms with van der Waals surface area (Å²) in [5.74, 6) is 0.558. The van der Waals surface area contributed by atoms with Crippen molar-refractivity contribution in [3.05, 3.63) is 32.4 Å². The van der Waals surface area contributed by atoms with Gasteiger partial charge >= 0.3 is 0 Å². The molecule has 2 aliphatic rings. The first-order valence-electron chi connectivity index (χ1n) is 7.16. The average molecular weight is 288 g/mol. The first-order chi connectivity index (χ1) is 9.74. The number of rotatable bonds is 2. The molecule has 0 saturated heterocycles. The summed E-state index contributed by atoms with van der Waals surface area (Å²) in [4.78, 5) is 17.0. The molecule has 0 radical (unpaired) electrons. The Morgan fingerprint density at radius 3 is 2.75 bits per heavy atom. The molecule has 2 aliphatic carbocycles. The summed E-state index contributed by atoms with van der Waals surface area (Å²) in [5.41, 5.74) is 3.28. The normalized spacial score (nSPS) is 18.0. The number of nitrogens with zero attached hydrogens (tertiary/aromatic N) is 2. The molecule has 2 aromatic heterocycles. The van der Waals surface area contributed by atoms with Gasteiger partial charge in [0.2, 0.25) is 4.77 Å². The number of fused-ring (bicyclic) bond motifs is 1. The number of H-pyrrole nitrogens is 2. The predicted molar refractivity (Wildman–Crippen MR) is 78.4 cm³/mol. The highest BCUT2D eigenvalue weighted by Gasteiger charge is 2.30. The highest BCUT2D eigenvalue weighted by atomic mass is 32.1. The van der Waals surface area contributed by atoms with Crippen LogP contribution in [0, 0.1) is 4.77 Å². The van der Waals surface area contributed by atoms with Crippen LogP contribution in [0.4, 0.5) is 0 Å². The molecule has 104 valence electrons. The Balaban J connectivity index is 1.98. The molecule has 0 unspecified atom stereocenters. The average Bonchev–Trinajstić information content (AvgIpc) is 3.19. The molecule has 2 N–H and O–H groups in total. The SMILES string of the molecule is O=c1c(-c2nc(=S)[nH][nH]2)cc2c(n1C1CC1)CCCC2. The summed E-state index contributed by atoms with van der Waals surface area (Å²) in [5, 5.41) is 5.67. The molecule has 0 aliphatic heterocycles. The van der Waals surface area contributed by atoms with Crippen molar-refractivity contribution in [2.24, 2.45) is 0 Å². The highest BCUT2D eigenvalue weighted by Crippen LogP contribution is 2.37. The fourth-order valence-corrected chi connectivity index (χ4v) is 3.26. The standard InChI is InChI=1S/C14H16N4OS/c19-13-10(12-15-14(20)17-16-12)7-8-3-1-2-4-11(8)18(13)9-5-6-9/h7,9H,1-6H2,(H2,15,16,17,20). The molecule has 6 heteroatoms. The molecule has 0 bridgehead atoms. The van der Waals surface area contributed by atoms with Crippen molar-refractivity contribution >= 4 is 12.2 Å². The lowest BCUT2D eigenvalue weighted by molar-refractivity contribution is 0.584. The highest BCUT2D eigenvalue weighted by molar-refractivity contribution is 7.71. The maximum atomic E-state index is 12.8. The summed E-state index contributed by atoms with van der Waals surface area (Å²) >= 11 is 4.99. The monoisotopic (exact) mass is 288 g/mol. The van der Waals surface area contributed by atoms with E-state index in [9.17, 15) is 4.79 Å². The molecule has 0 atom stereocenters. The zero-order valence-corrected chi connectivity index (χ0v) is 11.9. The van der Waals surface area contributed by atoms with Crippen LogP contribution < -0.4 is 5.56 Å². The minimum Gasteiger partial charge on any atom is -0.309 e. The van der Waals surface area contributed by atoms with E-state index < -0.39 is 0 Å². The number of aromatic nitrogens is 4. The van der Waals surface area contributed by atoms with Crippen LogP contribution in [-0.2, 0) is 12.8 Å². The van der Waals surface area contributed by atoms with Gasteiger partial charge in [-0.3, -0.25) is 15.0 Å². The van der Waals surface area contributed by atoms with Crippen LogP contribution in [0.15, 0.2) is 10.9 Å². The van der Waals surface area contributed by atoms with Gasteiger partial charge < -0.3 is 4.57 Å². The smallest absolute Gasteiger partial charge is 0.262 e. The van der Waals surface area contributed by atoms with Gasteiger partial charge in [-0.05, 0) is 62.4 Å². The molecular formula is C14H16N4OS. The van der Waals surface area contributed by atoms with E-state index in [1.807, 2.05) is 10.6 Å². The third kappa shape index (κ3) is 1.86. The van der Waals surface area contributed by atoms with Gasteiger partial charge in [-0.2, -0.15) is 4.98 Å². The Morgan fingerprint density at radius 1 is 1.25 bits per heavy atom. The van der Waals surface area contributed by atoms with Crippen LogP contribution >= 0.6 is 12.2 Å². The van der Waals surface area contributed by atoms with E-state index in [0.29, 0.717) is 22.2 Å². The Morgan fingerprint density at radius 2 is 2.05 bits per heavy atom. The summed E-state index contributed by atoms with van der Waals surface area (Å²) in [6, 6.07) is 2.41. The maximum absolute atomic E-state index is 12.8. The lowest BCUT2D eigenvalue weighted by Gasteiger charge is -2.22. The number of nitrogens with one attached hydrogen (secondary N) is 2. The van der Waals surface area contributed by atoms with Crippen molar-refractivity contribution in [3.63, 3.8) is 0 Å². The Labute approximate surface area is 121 Å². The quantitative estimate of drug-likeness (QED) is 0.834. The van der Waals surface area contributed by atoms with Crippen LogP contribution in [0.25, 0.3) is 11.4 Å². The zero-order chi connectivity index (χ0) is 13.7. The Kier molecular flexibility index (Phi) is 2.66. The number of aryl methyl sites for hydroxylation is 1. The van der Waals surface area contributed by atoms with E-state index in [4.69, 9.17) is 12.2 Å². The Hall–Kier alpha value is -1.69. The first kappa shape index (κ1) is 12.1. The molecule has 1 saturated carbocycles. The first-order valence-corrected chi connectivity index (χ1v) is 7.57. The van der Waals surface area contributed by atoms with Gasteiger partial charge in [0.25, 0.3) is 5.56 Å². The van der Waals surface area contributed by atoms with Gasteiger partial charge in [0.1, 0.15) is 0 Å². The lowest BCUT2D eigenvalue weighted by atomic mass is 9.94. The van der Waals surface area contributed by atoms with Crippen LogP contribution in [-0.4, -0.2) is 19.7 Å². The van der Waals surface area contributed by atoms with Crippen LogP contribution in [0.3, 0.4) is 0 Å². The number of aromatic amines is 2. The number of hydrogen-bond acceptors (Lipinski definition) is 3. The van der Waals surface area contributed by atoms with Crippen molar-refractivity contribution in [2.75, 3.05) is 0 Å². The number of pyridine rings is 1. The van der Waals surface area contributed by atoms with Crippen molar-refractivity contribution in [1.29, 1.82) is 0 Å². The zero-order valence-electron chi connectivity index (χ0n) is 11.1. The van der Waals surface area contributed by atoms with Gasteiger partial charge in [-0.15, -0.1) is 0 Å². The second-order valence-electron chi connectivity index (χ2n) is 5.66. The largest absolute Gasteiger partial charge is 0.309 e. The fourth-order valence-electron chi connectivity index (χ4n) is 3.12. The van der Waals surface area contributed by atoms with Gasteiger partial charge in [-0.1, -0.05) is 0 Å². The Bertz CT molecular complexity index is 781. The molecule has 2 aromatic rings. The summed E-state index contributed by atoms with van der Waals surface area (Å²) in [6.45, 7) is 0. The summed E-state index contributed by atoms with van der Waals surface area (Å²) < 4.78 is 2.41. The van der Waals surface area contributed by atoms with Gasteiger partial charge in [0.05, 0.1) is 5.56 Å².